The third-order valence-corrected chi connectivity index (χ3v) is 7.52. The van der Waals surface area contributed by atoms with E-state index in [0.29, 0.717) is 24.3 Å². The fraction of sp³-hybridized carbons (Fsp3) is 0.214. The third kappa shape index (κ3) is 4.87. The van der Waals surface area contributed by atoms with Crippen molar-refractivity contribution in [1.29, 1.82) is 0 Å². The van der Waals surface area contributed by atoms with Crippen LogP contribution >= 0.6 is 0 Å². The molecule has 0 amide bonds. The molecule has 172 valence electrons. The Balaban J connectivity index is 1.54. The van der Waals surface area contributed by atoms with Gasteiger partial charge in [-0.25, -0.2) is 4.98 Å². The van der Waals surface area contributed by atoms with Crippen molar-refractivity contribution in [3.8, 4) is 5.75 Å². The number of aromatic nitrogens is 2. The molecule has 0 saturated carbocycles. The number of H-pyrrole nitrogens is 1. The molecule has 4 aromatic rings. The molecule has 1 aromatic heterocycles. The summed E-state index contributed by atoms with van der Waals surface area (Å²) in [4.78, 5) is 20.9. The molecule has 0 bridgehead atoms. The van der Waals surface area contributed by atoms with Crippen LogP contribution in [0.5, 0.6) is 5.75 Å². The first-order valence-corrected chi connectivity index (χ1v) is 12.8. The molecule has 5 nitrogen and oxygen atoms in total. The van der Waals surface area contributed by atoms with Crippen molar-refractivity contribution < 1.29 is 13.7 Å². The zero-order valence-electron chi connectivity index (χ0n) is 18.8. The van der Waals surface area contributed by atoms with E-state index < -0.39 is 10.8 Å². The molecule has 5 rings (SSSR count). The summed E-state index contributed by atoms with van der Waals surface area (Å²) in [6, 6.07) is 23.2. The highest BCUT2D eigenvalue weighted by Crippen LogP contribution is 2.36. The predicted octanol–water partition coefficient (Wildman–Crippen LogP) is 5.60. The molecule has 0 spiro atoms. The van der Waals surface area contributed by atoms with Gasteiger partial charge in [0, 0.05) is 41.3 Å². The van der Waals surface area contributed by atoms with Crippen molar-refractivity contribution >= 4 is 16.6 Å². The van der Waals surface area contributed by atoms with Crippen LogP contribution in [-0.2, 0) is 29.4 Å². The lowest BCUT2D eigenvalue weighted by molar-refractivity contribution is 0.0972. The molecule has 0 fully saturated rings. The van der Waals surface area contributed by atoms with E-state index in [1.165, 1.54) is 0 Å². The predicted molar refractivity (Wildman–Crippen MR) is 132 cm³/mol. The van der Waals surface area contributed by atoms with Gasteiger partial charge in [-0.1, -0.05) is 48.5 Å². The maximum absolute atomic E-state index is 13.3. The first-order chi connectivity index (χ1) is 16.7. The molecule has 1 aliphatic carbocycles. The molecule has 0 saturated heterocycles. The van der Waals surface area contributed by atoms with Crippen LogP contribution in [0.3, 0.4) is 0 Å². The topological polar surface area (TPSA) is 72.0 Å². The number of nitrogens with one attached hydrogen (secondary N) is 1. The number of nitrogens with zero attached hydrogens (tertiary/aromatic N) is 1. The number of imidazole rings is 1. The highest BCUT2D eigenvalue weighted by Gasteiger charge is 2.26. The molecule has 1 N–H and O–H groups in total. The number of rotatable bonds is 8. The van der Waals surface area contributed by atoms with E-state index in [9.17, 15) is 9.00 Å². The number of carbonyl (C=O) groups excluding carboxylic acids is 1. The van der Waals surface area contributed by atoms with Crippen molar-refractivity contribution in [2.45, 2.75) is 42.4 Å². The lowest BCUT2D eigenvalue weighted by atomic mass is 9.87. The van der Waals surface area contributed by atoms with E-state index in [-0.39, 0.29) is 11.9 Å². The van der Waals surface area contributed by atoms with Crippen LogP contribution in [-0.4, -0.2) is 20.0 Å². The first-order valence-electron chi connectivity index (χ1n) is 11.5. The number of benzene rings is 3. The maximum Gasteiger partial charge on any atom is 0.163 e. The molecule has 3 aromatic carbocycles. The highest BCUT2D eigenvalue weighted by molar-refractivity contribution is 7.84. The zero-order valence-corrected chi connectivity index (χ0v) is 19.6. The van der Waals surface area contributed by atoms with Crippen LogP contribution < -0.4 is 4.74 Å². The summed E-state index contributed by atoms with van der Waals surface area (Å²) in [5.74, 6) is 1.96. The van der Waals surface area contributed by atoms with Crippen molar-refractivity contribution in [1.82, 2.24) is 9.97 Å². The number of fused-ring (bicyclic) bond motifs is 1. The first kappa shape index (κ1) is 22.3. The largest absolute Gasteiger partial charge is 0.485 e. The SMILES string of the molecule is O=C1CCCc2c1ccc(O[C@@H](Cc1ncc[nH]1)c1ccccc1)c2CS(=O)c1ccccc1. The Kier molecular flexibility index (Phi) is 6.67. The van der Waals surface area contributed by atoms with Crippen LogP contribution in [0.2, 0.25) is 0 Å². The second-order valence-electron chi connectivity index (χ2n) is 8.41. The molecule has 6 heteroatoms. The summed E-state index contributed by atoms with van der Waals surface area (Å²) >= 11 is 0. The van der Waals surface area contributed by atoms with Gasteiger partial charge in [-0.15, -0.1) is 0 Å². The van der Waals surface area contributed by atoms with Gasteiger partial charge in [-0.05, 0) is 48.2 Å². The fourth-order valence-corrected chi connectivity index (χ4v) is 5.67. The third-order valence-electron chi connectivity index (χ3n) is 6.17. The molecular weight excluding hydrogens is 444 g/mol. The summed E-state index contributed by atoms with van der Waals surface area (Å²) in [7, 11) is -1.25. The summed E-state index contributed by atoms with van der Waals surface area (Å²) < 4.78 is 19.9. The lowest BCUT2D eigenvalue weighted by Gasteiger charge is -2.25. The Bertz CT molecular complexity index is 1290. The van der Waals surface area contributed by atoms with Gasteiger partial charge in [0.2, 0.25) is 0 Å². The Morgan fingerprint density at radius 1 is 0.971 bits per heavy atom. The minimum Gasteiger partial charge on any atom is -0.485 e. The quantitative estimate of drug-likeness (QED) is 0.364. The number of ketones is 1. The van der Waals surface area contributed by atoms with Crippen LogP contribution in [0.4, 0.5) is 0 Å². The Morgan fingerprint density at radius 3 is 2.47 bits per heavy atom. The van der Waals surface area contributed by atoms with Gasteiger partial charge in [0.05, 0.1) is 16.6 Å². The molecule has 34 heavy (non-hydrogen) atoms. The minimum atomic E-state index is -1.25. The number of carbonyl (C=O) groups is 1. The number of hydrogen-bond donors (Lipinski definition) is 1. The number of aromatic amines is 1. The van der Waals surface area contributed by atoms with Gasteiger partial charge in [-0.2, -0.15) is 0 Å². The van der Waals surface area contributed by atoms with E-state index in [4.69, 9.17) is 4.74 Å². The fourth-order valence-electron chi connectivity index (χ4n) is 4.47. The van der Waals surface area contributed by atoms with Gasteiger partial charge >= 0.3 is 0 Å². The van der Waals surface area contributed by atoms with Crippen molar-refractivity contribution in [3.05, 3.63) is 113 Å². The lowest BCUT2D eigenvalue weighted by Crippen LogP contribution is -2.18. The van der Waals surface area contributed by atoms with Gasteiger partial charge in [0.15, 0.2) is 5.78 Å². The number of hydrogen-bond acceptors (Lipinski definition) is 4. The average molecular weight is 471 g/mol. The van der Waals surface area contributed by atoms with E-state index in [0.717, 1.165) is 45.8 Å². The van der Waals surface area contributed by atoms with Crippen LogP contribution in [0.15, 0.2) is 90.1 Å². The highest BCUT2D eigenvalue weighted by atomic mass is 32.2. The molecule has 0 aliphatic heterocycles. The maximum atomic E-state index is 13.3. The summed E-state index contributed by atoms with van der Waals surface area (Å²) in [6.07, 6.45) is 5.96. The molecule has 2 atom stereocenters. The molecule has 1 aliphatic rings. The molecule has 0 radical (unpaired) electrons. The summed E-state index contributed by atoms with van der Waals surface area (Å²) in [5.41, 5.74) is 3.61. The van der Waals surface area contributed by atoms with E-state index >= 15 is 0 Å². The van der Waals surface area contributed by atoms with Gasteiger partial charge < -0.3 is 9.72 Å². The molecular formula is C28H26N2O3S. The van der Waals surface area contributed by atoms with E-state index in [2.05, 4.69) is 9.97 Å². The van der Waals surface area contributed by atoms with Gasteiger partial charge in [0.1, 0.15) is 17.7 Å². The van der Waals surface area contributed by atoms with Crippen molar-refractivity contribution in [2.24, 2.45) is 0 Å². The molecule has 1 unspecified atom stereocenters. The number of ether oxygens (including phenoxy) is 1. The standard InChI is InChI=1S/C28H26N2O3S/c31-25-13-7-12-22-23(25)14-15-26(24(22)19-34(32)21-10-5-2-6-11-21)33-27(18-28-29-16-17-30-28)20-8-3-1-4-9-20/h1-6,8-11,14-17,27H,7,12-13,18-19H2,(H,29,30)/t27-,34?/m0/s1. The monoisotopic (exact) mass is 470 g/mol. The van der Waals surface area contributed by atoms with Crippen LogP contribution in [0.25, 0.3) is 0 Å². The summed E-state index contributed by atoms with van der Waals surface area (Å²) in [6.45, 7) is 0. The second-order valence-corrected chi connectivity index (χ2v) is 9.86. The van der Waals surface area contributed by atoms with Gasteiger partial charge in [-0.3, -0.25) is 9.00 Å². The van der Waals surface area contributed by atoms with E-state index in [1.807, 2.05) is 72.8 Å². The zero-order chi connectivity index (χ0) is 23.3. The second kappa shape index (κ2) is 10.2. The normalized spacial score (nSPS) is 14.9. The van der Waals surface area contributed by atoms with Gasteiger partial charge in [0.25, 0.3) is 0 Å². The Hall–Kier alpha value is -3.51. The Morgan fingerprint density at radius 2 is 1.74 bits per heavy atom. The average Bonchev–Trinajstić information content (AvgIpc) is 3.39. The van der Waals surface area contributed by atoms with Crippen molar-refractivity contribution in [3.63, 3.8) is 0 Å². The van der Waals surface area contributed by atoms with Crippen molar-refractivity contribution in [2.75, 3.05) is 0 Å². The molecule has 1 heterocycles. The Labute approximate surface area is 201 Å². The number of Topliss-reactive ketones (excluding diaryl/α,β-unsaturated/α-hetero) is 1. The smallest absolute Gasteiger partial charge is 0.163 e. The van der Waals surface area contributed by atoms with Crippen LogP contribution in [0.1, 0.15) is 51.8 Å². The van der Waals surface area contributed by atoms with E-state index in [1.54, 1.807) is 12.4 Å². The van der Waals surface area contributed by atoms with Crippen LogP contribution in [0, 0.1) is 0 Å². The summed E-state index contributed by atoms with van der Waals surface area (Å²) in [5, 5.41) is 0. The minimum absolute atomic E-state index is 0.148.